The molecular weight excluding hydrogens is 270 g/mol. The highest BCUT2D eigenvalue weighted by molar-refractivity contribution is 7.17. The van der Waals surface area contributed by atoms with E-state index in [9.17, 15) is 4.79 Å². The van der Waals surface area contributed by atoms with Gasteiger partial charge in [-0.25, -0.2) is 4.98 Å². The monoisotopic (exact) mass is 285 g/mol. The molecule has 20 heavy (non-hydrogen) atoms. The number of fused-ring (bicyclic) bond motifs is 1. The van der Waals surface area contributed by atoms with Crippen LogP contribution in [0.2, 0.25) is 0 Å². The summed E-state index contributed by atoms with van der Waals surface area (Å²) in [6.07, 6.45) is 0. The average Bonchev–Trinajstić information content (AvgIpc) is 2.90. The Morgan fingerprint density at radius 3 is 2.70 bits per heavy atom. The van der Waals surface area contributed by atoms with E-state index in [4.69, 9.17) is 0 Å². The van der Waals surface area contributed by atoms with E-state index in [0.717, 1.165) is 11.2 Å². The zero-order valence-corrected chi connectivity index (χ0v) is 12.2. The Morgan fingerprint density at radius 2 is 2.00 bits per heavy atom. The van der Waals surface area contributed by atoms with Crippen LogP contribution >= 0.6 is 11.3 Å². The van der Waals surface area contributed by atoms with Gasteiger partial charge in [0, 0.05) is 12.2 Å². The molecule has 0 unspecified atom stereocenters. The number of hydrogen-bond donors (Lipinski definition) is 1. The lowest BCUT2D eigenvalue weighted by molar-refractivity contribution is 0.731. The first kappa shape index (κ1) is 12.9. The third kappa shape index (κ3) is 2.20. The maximum Gasteiger partial charge on any atom is 0.272 e. The maximum absolute atomic E-state index is 12.4. The van der Waals surface area contributed by atoms with Crippen LogP contribution in [0.5, 0.6) is 0 Å². The predicted molar refractivity (Wildman–Crippen MR) is 84.0 cm³/mol. The highest BCUT2D eigenvalue weighted by Gasteiger charge is 2.10. The number of nitrogens with zero attached hydrogens (tertiary/aromatic N) is 2. The summed E-state index contributed by atoms with van der Waals surface area (Å²) in [7, 11) is 0. The Hall–Kier alpha value is -2.14. The second-order valence-corrected chi connectivity index (χ2v) is 5.53. The summed E-state index contributed by atoms with van der Waals surface area (Å²) in [6, 6.07) is 9.90. The van der Waals surface area contributed by atoms with E-state index >= 15 is 0 Å². The first-order valence-electron chi connectivity index (χ1n) is 6.51. The van der Waals surface area contributed by atoms with Gasteiger partial charge < -0.3 is 5.32 Å². The van der Waals surface area contributed by atoms with E-state index in [1.54, 1.807) is 4.57 Å². The quantitative estimate of drug-likeness (QED) is 0.800. The zero-order valence-electron chi connectivity index (χ0n) is 11.4. The van der Waals surface area contributed by atoms with Gasteiger partial charge in [0.15, 0.2) is 0 Å². The lowest BCUT2D eigenvalue weighted by atomic mass is 10.2. The minimum atomic E-state index is 0.0158. The highest BCUT2D eigenvalue weighted by atomic mass is 32.1. The molecule has 0 spiro atoms. The highest BCUT2D eigenvalue weighted by Crippen LogP contribution is 2.20. The fourth-order valence-corrected chi connectivity index (χ4v) is 2.88. The van der Waals surface area contributed by atoms with Gasteiger partial charge in [-0.3, -0.25) is 9.36 Å². The molecule has 2 heterocycles. The van der Waals surface area contributed by atoms with Gasteiger partial charge in [0.05, 0.1) is 5.52 Å². The van der Waals surface area contributed by atoms with Crippen molar-refractivity contribution in [3.8, 4) is 0 Å². The maximum atomic E-state index is 12.4. The molecule has 0 aliphatic rings. The molecule has 3 rings (SSSR count). The van der Waals surface area contributed by atoms with Crippen molar-refractivity contribution in [1.29, 1.82) is 0 Å². The van der Waals surface area contributed by atoms with Crippen molar-refractivity contribution in [2.75, 3.05) is 5.32 Å². The third-order valence-electron chi connectivity index (χ3n) is 3.19. The molecule has 5 heteroatoms. The van der Waals surface area contributed by atoms with Crippen LogP contribution in [-0.2, 0) is 6.54 Å². The number of nitrogens with one attached hydrogen (secondary N) is 1. The van der Waals surface area contributed by atoms with Gasteiger partial charge in [0.1, 0.15) is 4.70 Å². The fraction of sp³-hybridized carbons (Fsp3) is 0.200. The smallest absolute Gasteiger partial charge is 0.272 e. The standard InChI is InChI=1S/C15H15N3OS/c1-3-18-14(19)13-12(8-9-20-13)17-15(18)16-11-6-4-10(2)5-7-11/h4-9H,3H2,1-2H3,(H,16,17). The molecule has 0 bridgehead atoms. The van der Waals surface area contributed by atoms with Crippen molar-refractivity contribution >= 4 is 33.2 Å². The normalized spacial score (nSPS) is 10.9. The summed E-state index contributed by atoms with van der Waals surface area (Å²) in [6.45, 7) is 4.58. The third-order valence-corrected chi connectivity index (χ3v) is 4.08. The Bertz CT molecular complexity index is 802. The minimum Gasteiger partial charge on any atom is -0.326 e. The molecular formula is C15H15N3OS. The van der Waals surface area contributed by atoms with E-state index < -0.39 is 0 Å². The second-order valence-electron chi connectivity index (χ2n) is 4.61. The molecule has 4 nitrogen and oxygen atoms in total. The zero-order chi connectivity index (χ0) is 14.1. The molecule has 0 radical (unpaired) electrons. The minimum absolute atomic E-state index is 0.0158. The molecule has 0 atom stereocenters. The molecule has 2 aromatic heterocycles. The van der Waals surface area contributed by atoms with E-state index in [0.29, 0.717) is 17.2 Å². The van der Waals surface area contributed by atoms with Crippen molar-refractivity contribution in [2.24, 2.45) is 0 Å². The summed E-state index contributed by atoms with van der Waals surface area (Å²) in [4.78, 5) is 16.9. The van der Waals surface area contributed by atoms with Gasteiger partial charge in [-0.15, -0.1) is 11.3 Å². The summed E-state index contributed by atoms with van der Waals surface area (Å²) in [5.74, 6) is 0.590. The first-order valence-corrected chi connectivity index (χ1v) is 7.38. The molecule has 1 aromatic carbocycles. The number of aromatic nitrogens is 2. The topological polar surface area (TPSA) is 46.9 Å². The van der Waals surface area contributed by atoms with Crippen LogP contribution in [0.4, 0.5) is 11.6 Å². The Kier molecular flexibility index (Phi) is 3.28. The molecule has 102 valence electrons. The number of anilines is 2. The first-order chi connectivity index (χ1) is 9.69. The van der Waals surface area contributed by atoms with Gasteiger partial charge in [0.25, 0.3) is 5.56 Å². The van der Waals surface area contributed by atoms with Gasteiger partial charge in [-0.1, -0.05) is 17.7 Å². The largest absolute Gasteiger partial charge is 0.326 e. The fourth-order valence-electron chi connectivity index (χ4n) is 2.10. The summed E-state index contributed by atoms with van der Waals surface area (Å²) >= 11 is 1.44. The number of hydrogen-bond acceptors (Lipinski definition) is 4. The Morgan fingerprint density at radius 1 is 1.25 bits per heavy atom. The van der Waals surface area contributed by atoms with Crippen molar-refractivity contribution in [3.05, 3.63) is 51.6 Å². The SMILES string of the molecule is CCn1c(Nc2ccc(C)cc2)nc2ccsc2c1=O. The molecule has 0 aliphatic heterocycles. The van der Waals surface area contributed by atoms with E-state index in [2.05, 4.69) is 10.3 Å². The molecule has 1 N–H and O–H groups in total. The van der Waals surface area contributed by atoms with Crippen LogP contribution in [-0.4, -0.2) is 9.55 Å². The van der Waals surface area contributed by atoms with Crippen LogP contribution in [0.15, 0.2) is 40.5 Å². The van der Waals surface area contributed by atoms with Crippen molar-refractivity contribution in [1.82, 2.24) is 9.55 Å². The van der Waals surface area contributed by atoms with Crippen LogP contribution in [0.25, 0.3) is 10.2 Å². The van der Waals surface area contributed by atoms with E-state index in [1.807, 2.05) is 49.6 Å². The van der Waals surface area contributed by atoms with Gasteiger partial charge in [-0.05, 0) is 37.4 Å². The molecule has 0 aliphatic carbocycles. The number of benzene rings is 1. The van der Waals surface area contributed by atoms with E-state index in [-0.39, 0.29) is 5.56 Å². The van der Waals surface area contributed by atoms with Crippen LogP contribution in [0, 0.1) is 6.92 Å². The second kappa shape index (κ2) is 5.09. The van der Waals surface area contributed by atoms with Crippen molar-refractivity contribution in [3.63, 3.8) is 0 Å². The van der Waals surface area contributed by atoms with Gasteiger partial charge >= 0.3 is 0 Å². The lowest BCUT2D eigenvalue weighted by Crippen LogP contribution is -2.22. The molecule has 0 saturated heterocycles. The van der Waals surface area contributed by atoms with Gasteiger partial charge in [-0.2, -0.15) is 0 Å². The Balaban J connectivity index is 2.10. The molecule has 0 saturated carbocycles. The molecule has 0 amide bonds. The number of aryl methyl sites for hydroxylation is 1. The van der Waals surface area contributed by atoms with Crippen molar-refractivity contribution < 1.29 is 0 Å². The number of thiophene rings is 1. The summed E-state index contributed by atoms with van der Waals surface area (Å²) in [5.41, 5.74) is 2.89. The van der Waals surface area contributed by atoms with Crippen LogP contribution in [0.3, 0.4) is 0 Å². The number of rotatable bonds is 3. The lowest BCUT2D eigenvalue weighted by Gasteiger charge is -2.12. The molecule has 0 fully saturated rings. The van der Waals surface area contributed by atoms with Crippen molar-refractivity contribution in [2.45, 2.75) is 20.4 Å². The predicted octanol–water partition coefficient (Wildman–Crippen LogP) is 3.53. The van der Waals surface area contributed by atoms with Crippen LogP contribution in [0.1, 0.15) is 12.5 Å². The summed E-state index contributed by atoms with van der Waals surface area (Å²) < 4.78 is 2.37. The van der Waals surface area contributed by atoms with Gasteiger partial charge in [0.2, 0.25) is 5.95 Å². The summed E-state index contributed by atoms with van der Waals surface area (Å²) in [5, 5.41) is 5.13. The van der Waals surface area contributed by atoms with Crippen LogP contribution < -0.4 is 10.9 Å². The average molecular weight is 285 g/mol. The van der Waals surface area contributed by atoms with E-state index in [1.165, 1.54) is 16.9 Å². The molecule has 3 aromatic rings. The Labute approximate surface area is 120 Å².